The Morgan fingerprint density at radius 1 is 1.32 bits per heavy atom. The van der Waals surface area contributed by atoms with Gasteiger partial charge in [-0.3, -0.25) is 9.59 Å². The van der Waals surface area contributed by atoms with Crippen LogP contribution in [0.1, 0.15) is 12.5 Å². The van der Waals surface area contributed by atoms with Crippen LogP contribution in [-0.2, 0) is 14.3 Å². The van der Waals surface area contributed by atoms with Crippen molar-refractivity contribution in [2.75, 3.05) is 26.0 Å². The van der Waals surface area contributed by atoms with Gasteiger partial charge in [-0.05, 0) is 25.5 Å². The first-order valence-electron chi connectivity index (χ1n) is 6.11. The number of carbonyl (C=O) groups excluding carboxylic acids is 2. The summed E-state index contributed by atoms with van der Waals surface area (Å²) in [6.07, 6.45) is 0. The Labute approximate surface area is 118 Å². The summed E-state index contributed by atoms with van der Waals surface area (Å²) in [6.45, 7) is 4.38. The number of rotatable bonds is 6. The predicted octanol–water partition coefficient (Wildman–Crippen LogP) is 2.11. The van der Waals surface area contributed by atoms with Crippen LogP contribution in [0.4, 0.5) is 0 Å². The highest BCUT2D eigenvalue weighted by molar-refractivity contribution is 8.00. The molecule has 104 valence electrons. The zero-order valence-electron chi connectivity index (χ0n) is 11.5. The van der Waals surface area contributed by atoms with Gasteiger partial charge in [0.2, 0.25) is 5.91 Å². The van der Waals surface area contributed by atoms with Gasteiger partial charge in [0.05, 0.1) is 12.9 Å². The zero-order chi connectivity index (χ0) is 14.3. The Balaban J connectivity index is 2.54. The lowest BCUT2D eigenvalue weighted by molar-refractivity contribution is -0.146. The number of carbonyl (C=O) groups is 2. The van der Waals surface area contributed by atoms with E-state index >= 15 is 0 Å². The van der Waals surface area contributed by atoms with Gasteiger partial charge in [-0.15, -0.1) is 11.8 Å². The molecule has 1 rings (SSSR count). The van der Waals surface area contributed by atoms with E-state index in [1.807, 2.05) is 38.1 Å². The predicted molar refractivity (Wildman–Crippen MR) is 76.2 cm³/mol. The van der Waals surface area contributed by atoms with E-state index in [4.69, 9.17) is 0 Å². The number of esters is 1. The molecule has 1 aromatic carbocycles. The number of hydrogen-bond donors (Lipinski definition) is 0. The molecule has 1 amide bonds. The maximum atomic E-state index is 12.0. The van der Waals surface area contributed by atoms with Crippen molar-refractivity contribution in [1.29, 1.82) is 0 Å². The van der Waals surface area contributed by atoms with E-state index < -0.39 is 5.97 Å². The fourth-order valence-electron chi connectivity index (χ4n) is 1.55. The summed E-state index contributed by atoms with van der Waals surface area (Å²) in [5.74, 6) is -0.118. The van der Waals surface area contributed by atoms with Crippen LogP contribution in [0, 0.1) is 6.92 Å². The summed E-state index contributed by atoms with van der Waals surface area (Å²) in [4.78, 5) is 25.8. The second-order valence-electron chi connectivity index (χ2n) is 4.04. The van der Waals surface area contributed by atoms with Crippen molar-refractivity contribution in [3.63, 3.8) is 0 Å². The van der Waals surface area contributed by atoms with Gasteiger partial charge in [0, 0.05) is 11.4 Å². The van der Waals surface area contributed by atoms with Crippen molar-refractivity contribution in [2.24, 2.45) is 0 Å². The van der Waals surface area contributed by atoms with Crippen molar-refractivity contribution in [1.82, 2.24) is 4.90 Å². The Bertz CT molecular complexity index is 448. The van der Waals surface area contributed by atoms with E-state index in [0.29, 0.717) is 12.3 Å². The fourth-order valence-corrected chi connectivity index (χ4v) is 2.48. The lowest BCUT2D eigenvalue weighted by atomic mass is 10.2. The standard InChI is InChI=1S/C14H19NO3S/c1-4-15(9-14(17)18-3)13(16)10-19-12-8-6-5-7-11(12)2/h5-8H,4,9-10H2,1-3H3. The second kappa shape index (κ2) is 7.84. The molecule has 0 aliphatic rings. The van der Waals surface area contributed by atoms with Crippen LogP contribution in [0.3, 0.4) is 0 Å². The van der Waals surface area contributed by atoms with E-state index in [-0.39, 0.29) is 12.5 Å². The molecule has 0 spiro atoms. The molecule has 0 fully saturated rings. The van der Waals surface area contributed by atoms with Crippen LogP contribution < -0.4 is 0 Å². The molecule has 0 aromatic heterocycles. The summed E-state index contributed by atoms with van der Waals surface area (Å²) in [6, 6.07) is 7.92. The first-order valence-corrected chi connectivity index (χ1v) is 7.10. The van der Waals surface area contributed by atoms with Crippen LogP contribution in [0.25, 0.3) is 0 Å². The molecule has 0 atom stereocenters. The highest BCUT2D eigenvalue weighted by Crippen LogP contribution is 2.21. The summed E-state index contributed by atoms with van der Waals surface area (Å²) >= 11 is 1.49. The van der Waals surface area contributed by atoms with Crippen LogP contribution in [0.2, 0.25) is 0 Å². The molecule has 0 saturated heterocycles. The highest BCUT2D eigenvalue weighted by Gasteiger charge is 2.16. The van der Waals surface area contributed by atoms with Crippen LogP contribution >= 0.6 is 11.8 Å². The van der Waals surface area contributed by atoms with E-state index in [0.717, 1.165) is 10.5 Å². The smallest absolute Gasteiger partial charge is 0.325 e. The van der Waals surface area contributed by atoms with Crippen LogP contribution in [0.5, 0.6) is 0 Å². The molecule has 1 aromatic rings. The number of nitrogens with zero attached hydrogens (tertiary/aromatic N) is 1. The maximum absolute atomic E-state index is 12.0. The summed E-state index contributed by atoms with van der Waals surface area (Å²) in [5.41, 5.74) is 1.15. The van der Waals surface area contributed by atoms with Gasteiger partial charge in [0.15, 0.2) is 0 Å². The summed E-state index contributed by atoms with van der Waals surface area (Å²) in [5, 5.41) is 0. The molecule has 4 nitrogen and oxygen atoms in total. The van der Waals surface area contributed by atoms with Crippen molar-refractivity contribution < 1.29 is 14.3 Å². The first-order chi connectivity index (χ1) is 9.08. The number of methoxy groups -OCH3 is 1. The fraction of sp³-hybridized carbons (Fsp3) is 0.429. The third kappa shape index (κ3) is 4.95. The van der Waals surface area contributed by atoms with E-state index in [1.165, 1.54) is 23.8 Å². The number of hydrogen-bond acceptors (Lipinski definition) is 4. The van der Waals surface area contributed by atoms with Crippen LogP contribution in [0.15, 0.2) is 29.2 Å². The van der Waals surface area contributed by atoms with Gasteiger partial charge in [-0.25, -0.2) is 0 Å². The first kappa shape index (κ1) is 15.6. The lowest BCUT2D eigenvalue weighted by Gasteiger charge is -2.19. The third-order valence-corrected chi connectivity index (χ3v) is 3.89. The van der Waals surface area contributed by atoms with E-state index in [9.17, 15) is 9.59 Å². The molecule has 0 N–H and O–H groups in total. The summed E-state index contributed by atoms with van der Waals surface area (Å²) < 4.78 is 4.57. The molecule has 0 heterocycles. The molecule has 19 heavy (non-hydrogen) atoms. The van der Waals surface area contributed by atoms with Gasteiger partial charge < -0.3 is 9.64 Å². The van der Waals surface area contributed by atoms with E-state index in [2.05, 4.69) is 4.74 Å². The maximum Gasteiger partial charge on any atom is 0.325 e. The molecule has 0 saturated carbocycles. The van der Waals surface area contributed by atoms with Crippen molar-refractivity contribution in [3.05, 3.63) is 29.8 Å². The molecule has 0 radical (unpaired) electrons. The largest absolute Gasteiger partial charge is 0.468 e. The average molecular weight is 281 g/mol. The van der Waals surface area contributed by atoms with Gasteiger partial charge in [-0.1, -0.05) is 18.2 Å². The monoisotopic (exact) mass is 281 g/mol. The molecule has 0 bridgehead atoms. The highest BCUT2D eigenvalue weighted by atomic mass is 32.2. The number of likely N-dealkylation sites (N-methyl/N-ethyl adjacent to an activating group) is 1. The van der Waals surface area contributed by atoms with E-state index in [1.54, 1.807) is 0 Å². The molecular weight excluding hydrogens is 262 g/mol. The Kier molecular flexibility index (Phi) is 6.42. The van der Waals surface area contributed by atoms with Crippen molar-refractivity contribution in [3.8, 4) is 0 Å². The lowest BCUT2D eigenvalue weighted by Crippen LogP contribution is -2.37. The van der Waals surface area contributed by atoms with Gasteiger partial charge in [0.1, 0.15) is 6.54 Å². The molecular formula is C14H19NO3S. The average Bonchev–Trinajstić information content (AvgIpc) is 2.43. The van der Waals surface area contributed by atoms with Crippen molar-refractivity contribution >= 4 is 23.6 Å². The van der Waals surface area contributed by atoms with Crippen molar-refractivity contribution in [2.45, 2.75) is 18.7 Å². The number of thioether (sulfide) groups is 1. The number of ether oxygens (including phenoxy) is 1. The molecule has 5 heteroatoms. The minimum absolute atomic E-state index is 0.0141. The number of amides is 1. The van der Waals surface area contributed by atoms with Gasteiger partial charge >= 0.3 is 5.97 Å². The van der Waals surface area contributed by atoms with Gasteiger partial charge in [-0.2, -0.15) is 0 Å². The zero-order valence-corrected chi connectivity index (χ0v) is 12.3. The Hall–Kier alpha value is -1.49. The van der Waals surface area contributed by atoms with Crippen LogP contribution in [-0.4, -0.2) is 42.7 Å². The number of aryl methyl sites for hydroxylation is 1. The Morgan fingerprint density at radius 3 is 2.58 bits per heavy atom. The third-order valence-electron chi connectivity index (χ3n) is 2.73. The quantitative estimate of drug-likeness (QED) is 0.592. The van der Waals surface area contributed by atoms with Gasteiger partial charge in [0.25, 0.3) is 0 Å². The molecule has 0 aliphatic carbocycles. The molecule has 0 aliphatic heterocycles. The summed E-state index contributed by atoms with van der Waals surface area (Å²) in [7, 11) is 1.32. The Morgan fingerprint density at radius 2 is 2.00 bits per heavy atom. The topological polar surface area (TPSA) is 46.6 Å². The number of benzene rings is 1. The minimum atomic E-state index is -0.393. The minimum Gasteiger partial charge on any atom is -0.468 e. The SMILES string of the molecule is CCN(CC(=O)OC)C(=O)CSc1ccccc1C. The second-order valence-corrected chi connectivity index (χ2v) is 5.06. The molecule has 0 unspecified atom stereocenters. The normalized spacial score (nSPS) is 10.1.